The number of hydrogen-bond acceptors (Lipinski definition) is 2. The van der Waals surface area contributed by atoms with Crippen LogP contribution in [0, 0.1) is 0 Å². The summed E-state index contributed by atoms with van der Waals surface area (Å²) in [6.45, 7) is 3.49. The summed E-state index contributed by atoms with van der Waals surface area (Å²) < 4.78 is 0. The van der Waals surface area contributed by atoms with E-state index in [2.05, 4.69) is 0 Å². The molecule has 0 unspecified atom stereocenters. The van der Waals surface area contributed by atoms with Gasteiger partial charge in [-0.3, -0.25) is 9.59 Å². The molecule has 0 atom stereocenters. The van der Waals surface area contributed by atoms with Gasteiger partial charge < -0.3 is 10.2 Å². The van der Waals surface area contributed by atoms with Gasteiger partial charge in [0.25, 0.3) is 0 Å². The van der Waals surface area contributed by atoms with Crippen LogP contribution in [-0.4, -0.2) is 22.2 Å². The summed E-state index contributed by atoms with van der Waals surface area (Å²) in [6.07, 6.45) is 0.563. The van der Waals surface area contributed by atoms with Crippen molar-refractivity contribution in [1.29, 1.82) is 0 Å². The van der Waals surface area contributed by atoms with Gasteiger partial charge in [0, 0.05) is 0 Å². The quantitative estimate of drug-likeness (QED) is 0.797. The lowest BCUT2D eigenvalue weighted by Crippen LogP contribution is -2.44. The molecule has 0 aliphatic carbocycles. The lowest BCUT2D eigenvalue weighted by atomic mass is 9.75. The highest BCUT2D eigenvalue weighted by Gasteiger charge is 2.47. The number of benzene rings is 2. The Morgan fingerprint density at radius 2 is 1.52 bits per heavy atom. The van der Waals surface area contributed by atoms with E-state index in [0.717, 1.165) is 16.7 Å². The van der Waals surface area contributed by atoms with E-state index < -0.39 is 17.4 Å². The molecule has 0 heterocycles. The number of carbonyl (C=O) groups is 2. The van der Waals surface area contributed by atoms with Crippen LogP contribution in [0.2, 0.25) is 0 Å². The van der Waals surface area contributed by atoms with Crippen molar-refractivity contribution < 1.29 is 19.8 Å². The minimum Gasteiger partial charge on any atom is -0.480 e. The Kier molecular flexibility index (Phi) is 4.84. The van der Waals surface area contributed by atoms with E-state index >= 15 is 0 Å². The molecule has 0 saturated heterocycles. The summed E-state index contributed by atoms with van der Waals surface area (Å²) in [5, 5.41) is 19.1. The highest BCUT2D eigenvalue weighted by Crippen LogP contribution is 2.34. The molecule has 2 N–H and O–H groups in total. The van der Waals surface area contributed by atoms with Gasteiger partial charge in [0.05, 0.1) is 0 Å². The maximum Gasteiger partial charge on any atom is 0.325 e. The van der Waals surface area contributed by atoms with Crippen LogP contribution in [0.3, 0.4) is 0 Å². The zero-order valence-corrected chi connectivity index (χ0v) is 13.2. The van der Waals surface area contributed by atoms with Crippen molar-refractivity contribution in [2.45, 2.75) is 32.1 Å². The SMILES string of the molecule is CCc1cc(-c2ccccc2)ccc1C(CC)(C(=O)O)C(=O)O. The third-order valence-electron chi connectivity index (χ3n) is 4.31. The molecule has 0 aliphatic rings. The molecule has 120 valence electrons. The molecule has 4 heteroatoms. The van der Waals surface area contributed by atoms with Crippen LogP contribution in [0.4, 0.5) is 0 Å². The number of carboxylic acid groups (broad SMARTS) is 2. The van der Waals surface area contributed by atoms with Gasteiger partial charge >= 0.3 is 11.9 Å². The van der Waals surface area contributed by atoms with Crippen molar-refractivity contribution in [3.8, 4) is 11.1 Å². The monoisotopic (exact) mass is 312 g/mol. The van der Waals surface area contributed by atoms with Crippen LogP contribution in [0.15, 0.2) is 48.5 Å². The summed E-state index contributed by atoms with van der Waals surface area (Å²) in [7, 11) is 0. The fourth-order valence-electron chi connectivity index (χ4n) is 2.93. The molecule has 0 amide bonds. The minimum absolute atomic E-state index is 0.00461. The second-order valence-electron chi connectivity index (χ2n) is 5.46. The minimum atomic E-state index is -1.90. The van der Waals surface area contributed by atoms with Gasteiger partial charge in [0.2, 0.25) is 0 Å². The van der Waals surface area contributed by atoms with Crippen molar-refractivity contribution in [2.24, 2.45) is 0 Å². The average molecular weight is 312 g/mol. The zero-order valence-electron chi connectivity index (χ0n) is 13.2. The molecule has 2 aromatic rings. The van der Waals surface area contributed by atoms with Crippen LogP contribution in [0.1, 0.15) is 31.4 Å². The second-order valence-corrected chi connectivity index (χ2v) is 5.46. The molecule has 0 fully saturated rings. The van der Waals surface area contributed by atoms with Gasteiger partial charge in [-0.1, -0.05) is 62.4 Å². The summed E-state index contributed by atoms with van der Waals surface area (Å²) in [4.78, 5) is 23.5. The van der Waals surface area contributed by atoms with Crippen LogP contribution >= 0.6 is 0 Å². The van der Waals surface area contributed by atoms with Crippen LogP contribution < -0.4 is 0 Å². The van der Waals surface area contributed by atoms with Crippen LogP contribution in [0.25, 0.3) is 11.1 Å². The Morgan fingerprint density at radius 1 is 0.913 bits per heavy atom. The molecular formula is C19H20O4. The average Bonchev–Trinajstić information content (AvgIpc) is 2.56. The smallest absolute Gasteiger partial charge is 0.325 e. The predicted molar refractivity (Wildman–Crippen MR) is 88.5 cm³/mol. The topological polar surface area (TPSA) is 74.6 Å². The Labute approximate surface area is 135 Å². The summed E-state index contributed by atoms with van der Waals surface area (Å²) in [6, 6.07) is 15.1. The molecule has 0 spiro atoms. The summed E-state index contributed by atoms with van der Waals surface area (Å²) in [5.41, 5.74) is 1.18. The first-order valence-electron chi connectivity index (χ1n) is 7.63. The molecule has 0 saturated carbocycles. The molecule has 2 rings (SSSR count). The van der Waals surface area contributed by atoms with Gasteiger partial charge in [-0.05, 0) is 35.1 Å². The molecule has 0 radical (unpaired) electrons. The first-order valence-corrected chi connectivity index (χ1v) is 7.63. The van der Waals surface area contributed by atoms with E-state index in [1.165, 1.54) is 0 Å². The molecule has 0 aromatic heterocycles. The first-order chi connectivity index (χ1) is 11.0. The molecular weight excluding hydrogens is 292 g/mol. The van der Waals surface area contributed by atoms with Crippen molar-refractivity contribution in [3.63, 3.8) is 0 Å². The lowest BCUT2D eigenvalue weighted by Gasteiger charge is -2.26. The highest BCUT2D eigenvalue weighted by atomic mass is 16.4. The first kappa shape index (κ1) is 16.7. The van der Waals surface area contributed by atoms with E-state index in [9.17, 15) is 19.8 Å². The van der Waals surface area contributed by atoms with Gasteiger partial charge in [0.15, 0.2) is 5.41 Å². The standard InChI is InChI=1S/C19H20O4/c1-3-13-12-15(14-8-6-5-7-9-14)10-11-16(13)19(4-2,17(20)21)18(22)23/h5-12H,3-4H2,1-2H3,(H,20,21)(H,22,23). The van der Waals surface area contributed by atoms with Gasteiger partial charge in [-0.2, -0.15) is 0 Å². The molecule has 4 nitrogen and oxygen atoms in total. The number of rotatable bonds is 6. The summed E-state index contributed by atoms with van der Waals surface area (Å²) in [5.74, 6) is -2.65. The van der Waals surface area contributed by atoms with E-state index in [1.54, 1.807) is 19.1 Å². The third kappa shape index (κ3) is 2.84. The predicted octanol–water partition coefficient (Wildman–Crippen LogP) is 3.73. The van der Waals surface area contributed by atoms with Crippen molar-refractivity contribution >= 4 is 11.9 Å². The number of carboxylic acids is 2. The Morgan fingerprint density at radius 3 is 2.00 bits per heavy atom. The second kappa shape index (κ2) is 6.65. The van der Waals surface area contributed by atoms with Crippen molar-refractivity contribution in [1.82, 2.24) is 0 Å². The van der Waals surface area contributed by atoms with E-state index in [-0.39, 0.29) is 6.42 Å². The van der Waals surface area contributed by atoms with Gasteiger partial charge in [0.1, 0.15) is 0 Å². The normalized spacial score (nSPS) is 11.2. The van der Waals surface area contributed by atoms with Gasteiger partial charge in [-0.15, -0.1) is 0 Å². The highest BCUT2D eigenvalue weighted by molar-refractivity contribution is 6.05. The largest absolute Gasteiger partial charge is 0.480 e. The Balaban J connectivity index is 2.64. The molecule has 2 aromatic carbocycles. The number of aryl methyl sites for hydroxylation is 1. The van der Waals surface area contributed by atoms with Crippen LogP contribution in [-0.2, 0) is 21.4 Å². The van der Waals surface area contributed by atoms with E-state index in [0.29, 0.717) is 12.0 Å². The molecule has 0 aliphatic heterocycles. The lowest BCUT2D eigenvalue weighted by molar-refractivity contribution is -0.157. The van der Waals surface area contributed by atoms with Crippen LogP contribution in [0.5, 0.6) is 0 Å². The number of hydrogen-bond donors (Lipinski definition) is 2. The Hall–Kier alpha value is -2.62. The fraction of sp³-hybridized carbons (Fsp3) is 0.263. The van der Waals surface area contributed by atoms with E-state index in [4.69, 9.17) is 0 Å². The zero-order chi connectivity index (χ0) is 17.0. The van der Waals surface area contributed by atoms with Gasteiger partial charge in [-0.25, -0.2) is 0 Å². The van der Waals surface area contributed by atoms with E-state index in [1.807, 2.05) is 43.3 Å². The molecule has 23 heavy (non-hydrogen) atoms. The summed E-state index contributed by atoms with van der Waals surface area (Å²) >= 11 is 0. The number of aliphatic carboxylic acids is 2. The third-order valence-corrected chi connectivity index (χ3v) is 4.31. The Bertz CT molecular complexity index is 705. The fourth-order valence-corrected chi connectivity index (χ4v) is 2.93. The maximum absolute atomic E-state index is 11.7. The molecule has 0 bridgehead atoms. The maximum atomic E-state index is 11.7. The van der Waals surface area contributed by atoms with Crippen molar-refractivity contribution in [3.05, 3.63) is 59.7 Å². The van der Waals surface area contributed by atoms with Crippen molar-refractivity contribution in [2.75, 3.05) is 0 Å².